The fourth-order valence-corrected chi connectivity index (χ4v) is 3.88. The van der Waals surface area contributed by atoms with E-state index < -0.39 is 11.8 Å². The molecule has 0 unspecified atom stereocenters. The number of aliphatic hydroxyl groups excluding tert-OH is 1. The molecule has 0 heterocycles. The second kappa shape index (κ2) is 13.5. The van der Waals surface area contributed by atoms with Gasteiger partial charge in [-0.25, -0.2) is 0 Å². The summed E-state index contributed by atoms with van der Waals surface area (Å²) in [7, 11) is 0. The average Bonchev–Trinajstić information content (AvgIpc) is 2.98. The Balaban J connectivity index is 1.45. The molecule has 0 aliphatic heterocycles. The first-order valence-corrected chi connectivity index (χ1v) is 12.6. The van der Waals surface area contributed by atoms with Crippen LogP contribution in [0.1, 0.15) is 32.6 Å². The third-order valence-electron chi connectivity index (χ3n) is 6.02. The molecule has 0 fully saturated rings. The Morgan fingerprint density at radius 3 is 2.12 bits per heavy atom. The number of anilines is 1. The molecule has 4 rings (SSSR count). The van der Waals surface area contributed by atoms with Crippen LogP contribution in [0, 0.1) is 0 Å². The molecule has 8 heteroatoms. The van der Waals surface area contributed by atoms with Crippen LogP contribution < -0.4 is 16.0 Å². The SMILES string of the molecule is O=C(Cc1ccc(NC(=O)/C(=C/c2ccc(O)c(CO)c2)NC(=O)c2ccccc2)cc1)NCc1ccccc1. The van der Waals surface area contributed by atoms with Gasteiger partial charge in [0.25, 0.3) is 11.8 Å². The van der Waals surface area contributed by atoms with E-state index in [4.69, 9.17) is 0 Å². The zero-order valence-corrected chi connectivity index (χ0v) is 21.6. The van der Waals surface area contributed by atoms with Crippen molar-refractivity contribution < 1.29 is 24.6 Å². The van der Waals surface area contributed by atoms with E-state index in [9.17, 15) is 24.6 Å². The maximum absolute atomic E-state index is 13.2. The molecular formula is C32H29N3O5. The number of aromatic hydroxyl groups is 1. The number of rotatable bonds is 10. The van der Waals surface area contributed by atoms with Gasteiger partial charge in [0.2, 0.25) is 5.91 Å². The molecule has 202 valence electrons. The van der Waals surface area contributed by atoms with Crippen LogP contribution in [0.3, 0.4) is 0 Å². The highest BCUT2D eigenvalue weighted by molar-refractivity contribution is 6.10. The number of amides is 3. The second-order valence-corrected chi connectivity index (χ2v) is 9.01. The predicted octanol–water partition coefficient (Wildman–Crippen LogP) is 4.15. The number of nitrogens with one attached hydrogen (secondary N) is 3. The van der Waals surface area contributed by atoms with Gasteiger partial charge in [-0.2, -0.15) is 0 Å². The largest absolute Gasteiger partial charge is 0.508 e. The lowest BCUT2D eigenvalue weighted by Gasteiger charge is -2.12. The second-order valence-electron chi connectivity index (χ2n) is 9.01. The quantitative estimate of drug-likeness (QED) is 0.195. The minimum absolute atomic E-state index is 0.0344. The topological polar surface area (TPSA) is 128 Å². The Morgan fingerprint density at radius 2 is 1.45 bits per heavy atom. The van der Waals surface area contributed by atoms with Crippen LogP contribution in [0.5, 0.6) is 5.75 Å². The first-order chi connectivity index (χ1) is 19.4. The van der Waals surface area contributed by atoms with E-state index in [0.717, 1.165) is 11.1 Å². The molecule has 8 nitrogen and oxygen atoms in total. The van der Waals surface area contributed by atoms with Gasteiger partial charge < -0.3 is 26.2 Å². The summed E-state index contributed by atoms with van der Waals surface area (Å²) in [5, 5.41) is 27.7. The first kappa shape index (κ1) is 27.8. The van der Waals surface area contributed by atoms with Gasteiger partial charge in [0.05, 0.1) is 13.0 Å². The molecule has 0 saturated heterocycles. The number of carbonyl (C=O) groups excluding carboxylic acids is 3. The lowest BCUT2D eigenvalue weighted by molar-refractivity contribution is -0.120. The van der Waals surface area contributed by atoms with Gasteiger partial charge in [0, 0.05) is 23.4 Å². The van der Waals surface area contributed by atoms with Crippen molar-refractivity contribution in [3.05, 3.63) is 137 Å². The molecule has 0 aliphatic carbocycles. The van der Waals surface area contributed by atoms with Crippen molar-refractivity contribution in [3.8, 4) is 5.75 Å². The maximum atomic E-state index is 13.2. The number of aliphatic hydroxyl groups is 1. The van der Waals surface area contributed by atoms with E-state index in [-0.39, 0.29) is 35.9 Å². The predicted molar refractivity (Wildman–Crippen MR) is 153 cm³/mol. The van der Waals surface area contributed by atoms with Crippen LogP contribution in [0.2, 0.25) is 0 Å². The van der Waals surface area contributed by atoms with Gasteiger partial charge in [-0.1, -0.05) is 66.7 Å². The molecule has 0 saturated carbocycles. The minimum atomic E-state index is -0.573. The number of hydrogen-bond donors (Lipinski definition) is 5. The van der Waals surface area contributed by atoms with E-state index in [1.54, 1.807) is 60.7 Å². The van der Waals surface area contributed by atoms with Crippen molar-refractivity contribution in [2.24, 2.45) is 0 Å². The van der Waals surface area contributed by atoms with Crippen LogP contribution in [0.25, 0.3) is 6.08 Å². The summed E-state index contributed by atoms with van der Waals surface area (Å²) < 4.78 is 0. The van der Waals surface area contributed by atoms with E-state index in [2.05, 4.69) is 16.0 Å². The molecule has 0 radical (unpaired) electrons. The minimum Gasteiger partial charge on any atom is -0.508 e. The van der Waals surface area contributed by atoms with Crippen LogP contribution >= 0.6 is 0 Å². The molecule has 0 bridgehead atoms. The van der Waals surface area contributed by atoms with E-state index in [1.807, 2.05) is 30.3 Å². The summed E-state index contributed by atoms with van der Waals surface area (Å²) in [6.07, 6.45) is 1.65. The molecule has 0 spiro atoms. The van der Waals surface area contributed by atoms with E-state index >= 15 is 0 Å². The molecule has 4 aromatic carbocycles. The van der Waals surface area contributed by atoms with E-state index in [0.29, 0.717) is 23.4 Å². The van der Waals surface area contributed by atoms with Gasteiger partial charge >= 0.3 is 0 Å². The van der Waals surface area contributed by atoms with Crippen molar-refractivity contribution in [3.63, 3.8) is 0 Å². The highest BCUT2D eigenvalue weighted by Gasteiger charge is 2.16. The molecule has 0 aromatic heterocycles. The Kier molecular flexibility index (Phi) is 9.42. The fourth-order valence-electron chi connectivity index (χ4n) is 3.88. The van der Waals surface area contributed by atoms with Crippen molar-refractivity contribution in [1.82, 2.24) is 10.6 Å². The summed E-state index contributed by atoms with van der Waals surface area (Å²) in [5.74, 6) is -1.24. The lowest BCUT2D eigenvalue weighted by atomic mass is 10.1. The van der Waals surface area contributed by atoms with Crippen molar-refractivity contribution in [2.75, 3.05) is 5.32 Å². The van der Waals surface area contributed by atoms with Gasteiger partial charge in [-0.05, 0) is 59.2 Å². The zero-order valence-electron chi connectivity index (χ0n) is 21.6. The van der Waals surface area contributed by atoms with Crippen LogP contribution in [0.15, 0.2) is 109 Å². The highest BCUT2D eigenvalue weighted by atomic mass is 16.3. The Morgan fingerprint density at radius 1 is 0.775 bits per heavy atom. The molecular weight excluding hydrogens is 506 g/mol. The molecule has 5 N–H and O–H groups in total. The maximum Gasteiger partial charge on any atom is 0.272 e. The normalized spacial score (nSPS) is 11.0. The third-order valence-corrected chi connectivity index (χ3v) is 6.02. The molecule has 0 atom stereocenters. The fraction of sp³-hybridized carbons (Fsp3) is 0.0938. The zero-order chi connectivity index (χ0) is 28.3. The summed E-state index contributed by atoms with van der Waals surface area (Å²) in [6.45, 7) is 0.0561. The summed E-state index contributed by atoms with van der Waals surface area (Å²) in [6, 6.07) is 29.4. The van der Waals surface area contributed by atoms with Crippen molar-refractivity contribution >= 4 is 29.5 Å². The van der Waals surface area contributed by atoms with Crippen molar-refractivity contribution in [2.45, 2.75) is 19.6 Å². The number of carbonyl (C=O) groups is 3. The van der Waals surface area contributed by atoms with Crippen LogP contribution in [-0.2, 0) is 29.2 Å². The Labute approximate surface area is 232 Å². The van der Waals surface area contributed by atoms with Gasteiger partial charge in [-0.3, -0.25) is 14.4 Å². The van der Waals surface area contributed by atoms with E-state index in [1.165, 1.54) is 18.2 Å². The lowest BCUT2D eigenvalue weighted by Crippen LogP contribution is -2.30. The first-order valence-electron chi connectivity index (χ1n) is 12.6. The average molecular weight is 536 g/mol. The Hall–Kier alpha value is -5.21. The number of hydrogen-bond acceptors (Lipinski definition) is 5. The van der Waals surface area contributed by atoms with Gasteiger partial charge in [0.15, 0.2) is 0 Å². The smallest absolute Gasteiger partial charge is 0.272 e. The van der Waals surface area contributed by atoms with Gasteiger partial charge in [-0.15, -0.1) is 0 Å². The van der Waals surface area contributed by atoms with Crippen LogP contribution in [-0.4, -0.2) is 27.9 Å². The molecule has 40 heavy (non-hydrogen) atoms. The van der Waals surface area contributed by atoms with Crippen LogP contribution in [0.4, 0.5) is 5.69 Å². The molecule has 0 aliphatic rings. The molecule has 4 aromatic rings. The summed E-state index contributed by atoms with van der Waals surface area (Å²) in [5.41, 5.74) is 3.38. The summed E-state index contributed by atoms with van der Waals surface area (Å²) >= 11 is 0. The van der Waals surface area contributed by atoms with Crippen molar-refractivity contribution in [1.29, 1.82) is 0 Å². The molecule has 3 amide bonds. The summed E-state index contributed by atoms with van der Waals surface area (Å²) in [4.78, 5) is 38.4. The number of benzene rings is 4. The standard InChI is InChI=1S/C32H29N3O5/c36-21-26-17-24(13-16-29(26)37)18-28(35-31(39)25-9-5-2-6-10-25)32(40)34-27-14-11-22(12-15-27)19-30(38)33-20-23-7-3-1-4-8-23/h1-18,36-37H,19-21H2,(H,33,38)(H,34,40)(H,35,39)/b28-18-. The van der Waals surface area contributed by atoms with Gasteiger partial charge in [0.1, 0.15) is 11.4 Å². The number of phenols is 1. The third kappa shape index (κ3) is 7.89. The monoisotopic (exact) mass is 535 g/mol. The Bertz CT molecular complexity index is 1500. The highest BCUT2D eigenvalue weighted by Crippen LogP contribution is 2.20.